The summed E-state index contributed by atoms with van der Waals surface area (Å²) in [6.07, 6.45) is 3.62. The minimum Gasteiger partial charge on any atom is -0.854 e. The summed E-state index contributed by atoms with van der Waals surface area (Å²) in [6, 6.07) is 17.0. The van der Waals surface area contributed by atoms with Crippen LogP contribution in [-0.4, -0.2) is 5.90 Å². The molecule has 0 amide bonds. The van der Waals surface area contributed by atoms with Gasteiger partial charge >= 0.3 is 0 Å². The maximum atomic E-state index is 12.1. The normalized spacial score (nSPS) is 11.8. The molecule has 0 N–H and O–H groups in total. The number of halogens is 1. The molecule has 0 aliphatic rings. The molecule has 1 heterocycles. The monoisotopic (exact) mass is 326 g/mol. The maximum absolute atomic E-state index is 12.1. The number of benzene rings is 2. The highest BCUT2D eigenvalue weighted by Crippen LogP contribution is 2.20. The molecule has 0 spiro atoms. The van der Waals surface area contributed by atoms with E-state index < -0.39 is 0 Å². The van der Waals surface area contributed by atoms with E-state index in [1.807, 2.05) is 48.7 Å². The third-order valence-electron chi connectivity index (χ3n) is 2.96. The summed E-state index contributed by atoms with van der Waals surface area (Å²) in [6.45, 7) is 0. The summed E-state index contributed by atoms with van der Waals surface area (Å²) in [4.78, 5) is 0. The third-order valence-corrected chi connectivity index (χ3v) is 3.59. The molecular formula is C16H11BrN2O. The minimum absolute atomic E-state index is 0.266. The van der Waals surface area contributed by atoms with Gasteiger partial charge in [0, 0.05) is 10.8 Å². The van der Waals surface area contributed by atoms with Crippen LogP contribution in [0.3, 0.4) is 0 Å². The van der Waals surface area contributed by atoms with E-state index in [1.165, 1.54) is 0 Å². The van der Waals surface area contributed by atoms with Gasteiger partial charge in [0.25, 0.3) is 0 Å². The van der Waals surface area contributed by atoms with Crippen LogP contribution in [0.1, 0.15) is 5.56 Å². The molecule has 3 rings (SSSR count). The summed E-state index contributed by atoms with van der Waals surface area (Å²) in [5, 5.41) is 18.3. The van der Waals surface area contributed by atoms with Gasteiger partial charge in [-0.25, -0.2) is 0 Å². The van der Waals surface area contributed by atoms with Crippen molar-refractivity contribution >= 4 is 32.6 Å². The van der Waals surface area contributed by atoms with Gasteiger partial charge in [0.15, 0.2) is 0 Å². The molecule has 0 saturated heterocycles. The lowest BCUT2D eigenvalue weighted by molar-refractivity contribution is -0.680. The van der Waals surface area contributed by atoms with Crippen LogP contribution in [0, 0.1) is 0 Å². The van der Waals surface area contributed by atoms with Crippen molar-refractivity contribution in [3.63, 3.8) is 0 Å². The second-order valence-electron chi connectivity index (χ2n) is 4.34. The van der Waals surface area contributed by atoms with E-state index in [0.29, 0.717) is 5.56 Å². The van der Waals surface area contributed by atoms with Crippen LogP contribution < -0.4 is 9.78 Å². The summed E-state index contributed by atoms with van der Waals surface area (Å²) < 4.78 is 2.45. The second-order valence-corrected chi connectivity index (χ2v) is 5.20. The Hall–Kier alpha value is -2.20. The van der Waals surface area contributed by atoms with Crippen molar-refractivity contribution in [3.8, 4) is 0 Å². The molecule has 20 heavy (non-hydrogen) atoms. The number of rotatable bonds is 2. The van der Waals surface area contributed by atoms with Gasteiger partial charge in [0.2, 0.25) is 12.4 Å². The molecule has 0 atom stereocenters. The Morgan fingerprint density at radius 2 is 1.65 bits per heavy atom. The molecule has 0 unspecified atom stereocenters. The van der Waals surface area contributed by atoms with Crippen molar-refractivity contribution < 1.29 is 9.78 Å². The highest BCUT2D eigenvalue weighted by atomic mass is 79.9. The quantitative estimate of drug-likeness (QED) is 0.405. The van der Waals surface area contributed by atoms with Crippen LogP contribution in [0.5, 0.6) is 0 Å². The zero-order valence-electron chi connectivity index (χ0n) is 10.5. The molecule has 98 valence electrons. The van der Waals surface area contributed by atoms with E-state index >= 15 is 0 Å². The standard InChI is InChI=1S/C16H11BrN2O/c17-15-11-19(10-13-8-4-5-9-14(13)15)18-16(20)12-6-2-1-3-7-12/h1-11H. The number of hydrogen-bond donors (Lipinski definition) is 0. The summed E-state index contributed by atoms with van der Waals surface area (Å²) in [5.74, 6) is -0.266. The van der Waals surface area contributed by atoms with Gasteiger partial charge < -0.3 is 5.11 Å². The second kappa shape index (κ2) is 5.43. The SMILES string of the molecule is [O-]/C(=N\[n+]1cc(Br)c2ccccc2c1)c1ccccc1. The van der Waals surface area contributed by atoms with Crippen LogP contribution in [0.4, 0.5) is 0 Å². The van der Waals surface area contributed by atoms with E-state index in [1.54, 1.807) is 23.0 Å². The Morgan fingerprint density at radius 1 is 0.950 bits per heavy atom. The van der Waals surface area contributed by atoms with E-state index in [9.17, 15) is 5.11 Å². The Labute approximate surface area is 124 Å². The van der Waals surface area contributed by atoms with Crippen molar-refractivity contribution in [1.29, 1.82) is 0 Å². The summed E-state index contributed by atoms with van der Waals surface area (Å²) in [7, 11) is 0. The fourth-order valence-electron chi connectivity index (χ4n) is 1.99. The van der Waals surface area contributed by atoms with Gasteiger partial charge in [-0.1, -0.05) is 53.2 Å². The molecular weight excluding hydrogens is 316 g/mol. The Balaban J connectivity index is 2.07. The molecule has 0 aliphatic heterocycles. The predicted octanol–water partition coefficient (Wildman–Crippen LogP) is 2.46. The van der Waals surface area contributed by atoms with Crippen molar-refractivity contribution in [2.45, 2.75) is 0 Å². The first-order chi connectivity index (χ1) is 9.74. The molecule has 3 aromatic rings. The minimum atomic E-state index is -0.266. The molecule has 0 bridgehead atoms. The highest BCUT2D eigenvalue weighted by Gasteiger charge is 2.07. The maximum Gasteiger partial charge on any atom is 0.217 e. The largest absolute Gasteiger partial charge is 0.854 e. The molecule has 3 nitrogen and oxygen atoms in total. The Morgan fingerprint density at radius 3 is 2.45 bits per heavy atom. The van der Waals surface area contributed by atoms with Gasteiger partial charge in [0.05, 0.1) is 10.4 Å². The Bertz CT molecular complexity index is 785. The number of nitrogens with zero attached hydrogens (tertiary/aromatic N) is 2. The lowest BCUT2D eigenvalue weighted by Gasteiger charge is -2.06. The zero-order valence-corrected chi connectivity index (χ0v) is 12.1. The smallest absolute Gasteiger partial charge is 0.217 e. The third kappa shape index (κ3) is 2.56. The van der Waals surface area contributed by atoms with Crippen molar-refractivity contribution in [1.82, 2.24) is 0 Å². The molecule has 0 saturated carbocycles. The van der Waals surface area contributed by atoms with E-state index in [4.69, 9.17) is 0 Å². The van der Waals surface area contributed by atoms with Crippen molar-refractivity contribution in [3.05, 3.63) is 77.0 Å². The molecule has 4 heteroatoms. The molecule has 0 radical (unpaired) electrons. The summed E-state index contributed by atoms with van der Waals surface area (Å²) in [5.41, 5.74) is 0.573. The topological polar surface area (TPSA) is 39.3 Å². The number of hydrogen-bond acceptors (Lipinski definition) is 2. The predicted molar refractivity (Wildman–Crippen MR) is 80.2 cm³/mol. The lowest BCUT2D eigenvalue weighted by atomic mass is 10.2. The van der Waals surface area contributed by atoms with Crippen molar-refractivity contribution in [2.24, 2.45) is 5.10 Å². The highest BCUT2D eigenvalue weighted by molar-refractivity contribution is 9.10. The first kappa shape index (κ1) is 12.8. The molecule has 1 aromatic heterocycles. The van der Waals surface area contributed by atoms with Crippen LogP contribution in [0.2, 0.25) is 0 Å². The van der Waals surface area contributed by atoms with Crippen molar-refractivity contribution in [2.75, 3.05) is 0 Å². The number of pyridine rings is 1. The van der Waals surface area contributed by atoms with Gasteiger partial charge in [0.1, 0.15) is 0 Å². The Kier molecular flexibility index (Phi) is 3.48. The van der Waals surface area contributed by atoms with Crippen LogP contribution in [-0.2, 0) is 0 Å². The first-order valence-electron chi connectivity index (χ1n) is 6.15. The van der Waals surface area contributed by atoms with Crippen LogP contribution in [0.15, 0.2) is 76.6 Å². The molecule has 2 aromatic carbocycles. The fourth-order valence-corrected chi connectivity index (χ4v) is 2.56. The first-order valence-corrected chi connectivity index (χ1v) is 6.94. The average Bonchev–Trinajstić information content (AvgIpc) is 2.48. The lowest BCUT2D eigenvalue weighted by Crippen LogP contribution is -2.33. The number of aromatic nitrogens is 1. The fraction of sp³-hybridized carbons (Fsp3) is 0. The molecule has 0 fully saturated rings. The van der Waals surface area contributed by atoms with E-state index in [-0.39, 0.29) is 5.90 Å². The van der Waals surface area contributed by atoms with Gasteiger partial charge in [-0.05, 0) is 32.7 Å². The average molecular weight is 327 g/mol. The number of fused-ring (bicyclic) bond motifs is 1. The van der Waals surface area contributed by atoms with Gasteiger partial charge in [-0.3, -0.25) is 0 Å². The van der Waals surface area contributed by atoms with Gasteiger partial charge in [-0.15, -0.1) is 0 Å². The molecule has 0 aliphatic carbocycles. The zero-order chi connectivity index (χ0) is 13.9. The van der Waals surface area contributed by atoms with Crippen LogP contribution >= 0.6 is 15.9 Å². The summed E-state index contributed by atoms with van der Waals surface area (Å²) >= 11 is 3.50. The van der Waals surface area contributed by atoms with E-state index in [2.05, 4.69) is 21.0 Å². The van der Waals surface area contributed by atoms with E-state index in [0.717, 1.165) is 15.2 Å². The van der Waals surface area contributed by atoms with Crippen LogP contribution in [0.25, 0.3) is 10.8 Å². The van der Waals surface area contributed by atoms with Gasteiger partial charge in [-0.2, -0.15) is 0 Å².